The van der Waals surface area contributed by atoms with Gasteiger partial charge in [-0.15, -0.1) is 10.2 Å². The average molecular weight is 1160 g/mol. The third-order valence-electron chi connectivity index (χ3n) is 15.7. The molecule has 0 fully saturated rings. The molecule has 5 heterocycles. The summed E-state index contributed by atoms with van der Waals surface area (Å²) in [6.07, 6.45) is 0. The molecule has 2 aliphatic heterocycles. The van der Waals surface area contributed by atoms with Crippen LogP contribution in [0.15, 0.2) is 199 Å². The monoisotopic (exact) mass is 1160 g/mol. The molecule has 0 spiro atoms. The third kappa shape index (κ3) is 9.52. The number of fused-ring (bicyclic) bond motifs is 8. The topological polar surface area (TPSA) is 182 Å². The second kappa shape index (κ2) is 23.9. The van der Waals surface area contributed by atoms with Gasteiger partial charge in [-0.05, 0) is 54.6 Å². The first-order valence-corrected chi connectivity index (χ1v) is 28.2. The van der Waals surface area contributed by atoms with Crippen LogP contribution in [0.1, 0.15) is 33.8 Å². The predicted molar refractivity (Wildman–Crippen MR) is 344 cm³/mol. The number of rotatable bonds is 16. The van der Waals surface area contributed by atoms with Gasteiger partial charge in [0.15, 0.2) is 5.65 Å². The van der Waals surface area contributed by atoms with Crippen molar-refractivity contribution in [3.8, 4) is 102 Å². The maximum absolute atomic E-state index is 6.53. The first kappa shape index (κ1) is 55.7. The van der Waals surface area contributed by atoms with Crippen LogP contribution in [0.3, 0.4) is 0 Å². The standard InChI is InChI=1S/C72H58N8O8/c1-81-49-33-17-9-25-41(49)57-58(42-26-10-18-34-50(42)82-2)67-62(46-30-14-22-38-54(46)86-6)69-64(48-32-16-24-40-56(48)88-8)75-71(76-69)78-72-77-70(79-80-72)63(47-31-15-23-39-55(47)87-7)68-60(44-28-12-20-36-52(44)84-4)59(43-27-11-19-35-51(43)83-3)66(74-68)61(65(57)73-67)45-29-13-21-37-53(45)85-5/h9-40,73H,1-8H3,(H,75,76,77,78,79,80). The minimum Gasteiger partial charge on any atom is -0.496 e. The van der Waals surface area contributed by atoms with Gasteiger partial charge >= 0.3 is 0 Å². The molecule has 0 atom stereocenters. The summed E-state index contributed by atoms with van der Waals surface area (Å²) in [6.45, 7) is 0. The molecule has 16 heteroatoms. The van der Waals surface area contributed by atoms with Crippen LogP contribution in [0, 0.1) is 0 Å². The molecule has 0 amide bonds. The largest absolute Gasteiger partial charge is 0.496 e. The molecule has 3 aromatic heterocycles. The molecule has 0 aliphatic carbocycles. The van der Waals surface area contributed by atoms with Crippen molar-refractivity contribution >= 4 is 45.3 Å². The van der Waals surface area contributed by atoms with Crippen molar-refractivity contribution < 1.29 is 37.9 Å². The number of methoxy groups -OCH3 is 8. The Morgan fingerprint density at radius 3 is 0.977 bits per heavy atom. The summed E-state index contributed by atoms with van der Waals surface area (Å²) in [4.78, 5) is 29.8. The molecule has 8 bridgehead atoms. The van der Waals surface area contributed by atoms with Gasteiger partial charge in [0.05, 0.1) is 84.9 Å². The zero-order valence-corrected chi connectivity index (χ0v) is 49.4. The minimum absolute atomic E-state index is 0.0654. The smallest absolute Gasteiger partial charge is 0.254 e. The van der Waals surface area contributed by atoms with Gasteiger partial charge in [0.25, 0.3) is 11.7 Å². The molecular formula is C72H58N8O8. The normalized spacial score (nSPS) is 11.9. The molecule has 2 N–H and O–H groups in total. The van der Waals surface area contributed by atoms with Crippen LogP contribution in [0.25, 0.3) is 89.2 Å². The number of hydrogen-bond donors (Lipinski definition) is 2. The fourth-order valence-electron chi connectivity index (χ4n) is 11.9. The van der Waals surface area contributed by atoms with Crippen LogP contribution >= 0.6 is 0 Å². The number of ether oxygens (including phenoxy) is 8. The molecule has 0 radical (unpaired) electrons. The highest BCUT2D eigenvalue weighted by Gasteiger charge is 2.37. The van der Waals surface area contributed by atoms with Crippen molar-refractivity contribution in [3.63, 3.8) is 0 Å². The van der Waals surface area contributed by atoms with Crippen LogP contribution in [0.2, 0.25) is 0 Å². The van der Waals surface area contributed by atoms with E-state index in [0.717, 1.165) is 0 Å². The summed E-state index contributed by atoms with van der Waals surface area (Å²) in [5.41, 5.74) is 13.1. The number of benzene rings is 8. The Morgan fingerprint density at radius 2 is 0.580 bits per heavy atom. The van der Waals surface area contributed by atoms with E-state index < -0.39 is 0 Å². The molecular weight excluding hydrogens is 1100 g/mol. The lowest BCUT2D eigenvalue weighted by Gasteiger charge is -2.18. The molecule has 0 unspecified atom stereocenters. The van der Waals surface area contributed by atoms with Crippen LogP contribution in [-0.4, -0.2) is 97.7 Å². The van der Waals surface area contributed by atoms with Crippen molar-refractivity contribution in [2.75, 3.05) is 56.9 Å². The summed E-state index contributed by atoms with van der Waals surface area (Å²) in [5.74, 6) is 4.60. The zero-order chi connectivity index (χ0) is 60.4. The minimum atomic E-state index is 0.0654. The molecule has 0 saturated heterocycles. The van der Waals surface area contributed by atoms with E-state index in [2.05, 4.69) is 16.0 Å². The zero-order valence-electron chi connectivity index (χ0n) is 49.4. The number of aromatic nitrogens is 7. The summed E-state index contributed by atoms with van der Waals surface area (Å²) in [7, 11) is 13.3. The first-order chi connectivity index (χ1) is 43.3. The van der Waals surface area contributed by atoms with Gasteiger partial charge < -0.3 is 47.9 Å². The van der Waals surface area contributed by atoms with Gasteiger partial charge in [0.2, 0.25) is 0 Å². The highest BCUT2D eigenvalue weighted by Crippen LogP contribution is 2.56. The van der Waals surface area contributed by atoms with Crippen molar-refractivity contribution in [2.45, 2.75) is 0 Å². The lowest BCUT2D eigenvalue weighted by atomic mass is 9.86. The third-order valence-corrected chi connectivity index (χ3v) is 15.7. The molecule has 2 aliphatic rings. The second-order valence-corrected chi connectivity index (χ2v) is 20.2. The van der Waals surface area contributed by atoms with Gasteiger partial charge in [-0.3, -0.25) is 0 Å². The Morgan fingerprint density at radius 1 is 0.273 bits per heavy atom. The van der Waals surface area contributed by atoms with Gasteiger partial charge in [0.1, 0.15) is 57.4 Å². The van der Waals surface area contributed by atoms with E-state index in [-0.39, 0.29) is 11.7 Å². The van der Waals surface area contributed by atoms with Crippen molar-refractivity contribution in [1.82, 2.24) is 35.1 Å². The Bertz CT molecular complexity index is 4780. The molecule has 8 aromatic carbocycles. The van der Waals surface area contributed by atoms with Crippen LogP contribution in [-0.2, 0) is 0 Å². The van der Waals surface area contributed by atoms with Crippen molar-refractivity contribution in [3.05, 3.63) is 228 Å². The van der Waals surface area contributed by atoms with Crippen molar-refractivity contribution in [1.29, 1.82) is 0 Å². The predicted octanol–water partition coefficient (Wildman–Crippen LogP) is 15.1. The number of aliphatic imine (C=N–C) groups is 1. The van der Waals surface area contributed by atoms with Gasteiger partial charge in [-0.1, -0.05) is 140 Å². The number of hydrogen-bond acceptors (Lipinski definition) is 14. The van der Waals surface area contributed by atoms with E-state index in [9.17, 15) is 0 Å². The number of aromatic amines is 2. The molecule has 434 valence electrons. The Balaban J connectivity index is 1.44. The van der Waals surface area contributed by atoms with Crippen LogP contribution in [0.4, 0.5) is 5.95 Å². The fraction of sp³-hybridized carbons (Fsp3) is 0.111. The van der Waals surface area contributed by atoms with Crippen LogP contribution < -0.4 is 37.9 Å². The number of H-pyrrole nitrogens is 2. The number of nitrogens with one attached hydrogen (secondary N) is 2. The van der Waals surface area contributed by atoms with Gasteiger partial charge in [-0.25, -0.2) is 15.0 Å². The van der Waals surface area contributed by atoms with Crippen LogP contribution in [0.5, 0.6) is 46.0 Å². The molecule has 11 aromatic rings. The van der Waals surface area contributed by atoms with E-state index in [1.165, 1.54) is 0 Å². The summed E-state index contributed by atoms with van der Waals surface area (Å²) < 4.78 is 51.0. The number of nitrogens with zero attached hydrogens (tertiary/aromatic N) is 6. The summed E-state index contributed by atoms with van der Waals surface area (Å²) in [6, 6.07) is 62.9. The number of para-hydroxylation sites is 8. The van der Waals surface area contributed by atoms with E-state index in [1.54, 1.807) is 56.9 Å². The lowest BCUT2D eigenvalue weighted by Crippen LogP contribution is -2.06. The molecule has 13 rings (SSSR count). The second-order valence-electron chi connectivity index (χ2n) is 20.2. The lowest BCUT2D eigenvalue weighted by molar-refractivity contribution is 0.413. The first-order valence-electron chi connectivity index (χ1n) is 28.2. The Labute approximate surface area is 507 Å². The van der Waals surface area contributed by atoms with Gasteiger partial charge in [-0.2, -0.15) is 4.98 Å². The maximum atomic E-state index is 6.53. The van der Waals surface area contributed by atoms with E-state index >= 15 is 0 Å². The quantitative estimate of drug-likeness (QED) is 0.0933. The average Bonchev–Trinajstić information content (AvgIpc) is 1.64. The van der Waals surface area contributed by atoms with E-state index in [4.69, 9.17) is 68.0 Å². The highest BCUT2D eigenvalue weighted by atomic mass is 16.5. The Kier molecular flexibility index (Phi) is 15.1. The SMILES string of the molecule is COc1ccccc1C1=Nc2nc1c(-c1ccccc1OC)c1[nH]c(c(-c3ccccc3OC)c3nc(c(-c4ccccc4OC)c4nnc(n2)[nH]4)C(c2ccccc2OC)=C3c2ccccc2OC)c(-c2ccccc2OC)c1-c1ccccc1OC. The molecule has 88 heavy (non-hydrogen) atoms. The van der Waals surface area contributed by atoms with Gasteiger partial charge in [0, 0.05) is 77.9 Å². The summed E-state index contributed by atoms with van der Waals surface area (Å²) >= 11 is 0. The fourth-order valence-corrected chi connectivity index (χ4v) is 11.9. The summed E-state index contributed by atoms with van der Waals surface area (Å²) in [5, 5.41) is 9.71. The molecule has 16 nitrogen and oxygen atoms in total. The van der Waals surface area contributed by atoms with E-state index in [1.807, 2.05) is 188 Å². The van der Waals surface area contributed by atoms with E-state index in [0.29, 0.717) is 169 Å². The van der Waals surface area contributed by atoms with Crippen molar-refractivity contribution in [2.24, 2.45) is 4.99 Å². The molecule has 0 saturated carbocycles. The highest BCUT2D eigenvalue weighted by molar-refractivity contribution is 6.23. The maximum Gasteiger partial charge on any atom is 0.254 e. The Hall–Kier alpha value is -11.5.